The molecular formula is C14H23BrO4Si. The standard InChI is InChI=1S/C14H23BrO4Si/c1-8(16)17-11-9(15)7-10(12-13(11)18-12)19-20(5,6)14(2,3)4/h7,10-13H,1-6H3/t10-,11+,12+,13-/m1/s1. The number of esters is 1. The summed E-state index contributed by atoms with van der Waals surface area (Å²) in [6.07, 6.45) is 1.55. The summed E-state index contributed by atoms with van der Waals surface area (Å²) in [5, 5.41) is 0.157. The van der Waals surface area contributed by atoms with Gasteiger partial charge in [0.1, 0.15) is 12.2 Å². The molecule has 0 saturated carbocycles. The Morgan fingerprint density at radius 2 is 1.95 bits per heavy atom. The number of fused-ring (bicyclic) bond motifs is 1. The van der Waals surface area contributed by atoms with Crippen LogP contribution in [0.5, 0.6) is 0 Å². The Bertz CT molecular complexity index is 441. The topological polar surface area (TPSA) is 48.1 Å². The molecule has 20 heavy (non-hydrogen) atoms. The predicted octanol–water partition coefficient (Wildman–Crippen LogP) is 3.37. The largest absolute Gasteiger partial charge is 0.454 e. The molecule has 1 saturated heterocycles. The Balaban J connectivity index is 2.10. The van der Waals surface area contributed by atoms with Gasteiger partial charge in [-0.15, -0.1) is 0 Å². The fraction of sp³-hybridized carbons (Fsp3) is 0.786. The number of carbonyl (C=O) groups excluding carboxylic acids is 1. The van der Waals surface area contributed by atoms with Crippen LogP contribution >= 0.6 is 15.9 Å². The van der Waals surface area contributed by atoms with Crippen LogP contribution in [0.3, 0.4) is 0 Å². The zero-order valence-corrected chi connectivity index (χ0v) is 15.5. The van der Waals surface area contributed by atoms with Gasteiger partial charge in [-0.2, -0.15) is 0 Å². The molecular weight excluding hydrogens is 340 g/mol. The van der Waals surface area contributed by atoms with E-state index in [1.807, 2.05) is 6.08 Å². The van der Waals surface area contributed by atoms with Crippen molar-refractivity contribution < 1.29 is 18.7 Å². The van der Waals surface area contributed by atoms with Gasteiger partial charge in [-0.25, -0.2) is 0 Å². The first-order chi connectivity index (χ1) is 9.03. The smallest absolute Gasteiger partial charge is 0.303 e. The molecule has 0 unspecified atom stereocenters. The Hall–Kier alpha value is -0.173. The van der Waals surface area contributed by atoms with Gasteiger partial charge in [0.15, 0.2) is 14.4 Å². The lowest BCUT2D eigenvalue weighted by atomic mass is 10.0. The molecule has 0 radical (unpaired) electrons. The lowest BCUT2D eigenvalue weighted by Crippen LogP contribution is -2.46. The van der Waals surface area contributed by atoms with E-state index in [1.165, 1.54) is 6.92 Å². The second-order valence-corrected chi connectivity index (χ2v) is 12.7. The highest BCUT2D eigenvalue weighted by atomic mass is 79.9. The van der Waals surface area contributed by atoms with Gasteiger partial charge >= 0.3 is 5.97 Å². The van der Waals surface area contributed by atoms with Crippen LogP contribution in [-0.4, -0.2) is 38.7 Å². The molecule has 0 N–H and O–H groups in total. The van der Waals surface area contributed by atoms with Gasteiger partial charge in [-0.1, -0.05) is 36.7 Å². The van der Waals surface area contributed by atoms with Gasteiger partial charge in [0.2, 0.25) is 0 Å². The number of ether oxygens (including phenoxy) is 2. The zero-order chi connectivity index (χ0) is 15.3. The highest BCUT2D eigenvalue weighted by Gasteiger charge is 2.56. The molecule has 0 aromatic heterocycles. The van der Waals surface area contributed by atoms with Crippen molar-refractivity contribution in [1.82, 2.24) is 0 Å². The molecule has 0 amide bonds. The lowest BCUT2D eigenvalue weighted by molar-refractivity contribution is -0.145. The second-order valence-electron chi connectivity index (χ2n) is 6.99. The van der Waals surface area contributed by atoms with E-state index in [4.69, 9.17) is 13.9 Å². The second kappa shape index (κ2) is 5.23. The maximum Gasteiger partial charge on any atom is 0.303 e. The summed E-state index contributed by atoms with van der Waals surface area (Å²) in [6, 6.07) is 0. The van der Waals surface area contributed by atoms with Crippen LogP contribution in [0.15, 0.2) is 10.6 Å². The molecule has 0 bridgehead atoms. The maximum atomic E-state index is 11.1. The SMILES string of the molecule is CC(=O)O[C@H]1C(Br)=C[C@@H](O[Si](C)(C)C(C)(C)C)[C@@H]2O[C@@H]21. The first kappa shape index (κ1) is 16.2. The molecule has 1 fully saturated rings. The van der Waals surface area contributed by atoms with Crippen LogP contribution in [0.1, 0.15) is 27.7 Å². The fourth-order valence-electron chi connectivity index (χ4n) is 2.07. The van der Waals surface area contributed by atoms with Crippen molar-refractivity contribution in [2.45, 2.75) is 70.2 Å². The molecule has 2 rings (SSSR count). The molecule has 114 valence electrons. The minimum Gasteiger partial charge on any atom is -0.454 e. The summed E-state index contributed by atoms with van der Waals surface area (Å²) in [5.41, 5.74) is 0. The molecule has 6 heteroatoms. The molecule has 1 heterocycles. The normalized spacial score (nSPS) is 33.2. The summed E-state index contributed by atoms with van der Waals surface area (Å²) in [6.45, 7) is 12.5. The van der Waals surface area contributed by atoms with E-state index >= 15 is 0 Å². The monoisotopic (exact) mass is 362 g/mol. The zero-order valence-electron chi connectivity index (χ0n) is 12.9. The first-order valence-electron chi connectivity index (χ1n) is 6.90. The average molecular weight is 363 g/mol. The minimum atomic E-state index is -1.84. The number of hydrogen-bond acceptors (Lipinski definition) is 4. The van der Waals surface area contributed by atoms with E-state index in [0.29, 0.717) is 0 Å². The van der Waals surface area contributed by atoms with Crippen LogP contribution in [0.25, 0.3) is 0 Å². The molecule has 1 aliphatic carbocycles. The third kappa shape index (κ3) is 3.18. The van der Waals surface area contributed by atoms with Crippen molar-refractivity contribution in [1.29, 1.82) is 0 Å². The van der Waals surface area contributed by atoms with Crippen LogP contribution in [0, 0.1) is 0 Å². The molecule has 4 nitrogen and oxygen atoms in total. The van der Waals surface area contributed by atoms with Crippen molar-refractivity contribution in [2.24, 2.45) is 0 Å². The molecule has 0 aromatic rings. The molecule has 4 atom stereocenters. The van der Waals surface area contributed by atoms with Gasteiger partial charge in [-0.3, -0.25) is 4.79 Å². The first-order valence-corrected chi connectivity index (χ1v) is 10.6. The number of halogens is 1. The van der Waals surface area contributed by atoms with Gasteiger partial charge in [0, 0.05) is 11.4 Å². The lowest BCUT2D eigenvalue weighted by Gasteiger charge is -2.39. The van der Waals surface area contributed by atoms with Crippen LogP contribution in [0.4, 0.5) is 0 Å². The van der Waals surface area contributed by atoms with E-state index in [1.54, 1.807) is 0 Å². The van der Waals surface area contributed by atoms with E-state index in [0.717, 1.165) is 4.48 Å². The molecule has 0 spiro atoms. The van der Waals surface area contributed by atoms with Crippen molar-refractivity contribution in [3.05, 3.63) is 10.6 Å². The molecule has 2 aliphatic rings. The van der Waals surface area contributed by atoms with E-state index < -0.39 is 8.32 Å². The van der Waals surface area contributed by atoms with Gasteiger partial charge in [-0.05, 0) is 24.2 Å². The van der Waals surface area contributed by atoms with Gasteiger partial charge < -0.3 is 13.9 Å². The summed E-state index contributed by atoms with van der Waals surface area (Å²) < 4.78 is 18.2. The molecule has 1 aliphatic heterocycles. The van der Waals surface area contributed by atoms with E-state index in [9.17, 15) is 4.79 Å². The maximum absolute atomic E-state index is 11.1. The van der Waals surface area contributed by atoms with Crippen LogP contribution < -0.4 is 0 Å². The highest BCUT2D eigenvalue weighted by Crippen LogP contribution is 2.45. The predicted molar refractivity (Wildman–Crippen MR) is 83.3 cm³/mol. The number of epoxide rings is 1. The van der Waals surface area contributed by atoms with E-state index in [2.05, 4.69) is 49.8 Å². The summed E-state index contributed by atoms with van der Waals surface area (Å²) in [7, 11) is -1.84. The van der Waals surface area contributed by atoms with Crippen LogP contribution in [0.2, 0.25) is 18.1 Å². The Morgan fingerprint density at radius 1 is 1.35 bits per heavy atom. The van der Waals surface area contributed by atoms with Crippen molar-refractivity contribution in [2.75, 3.05) is 0 Å². The van der Waals surface area contributed by atoms with Gasteiger partial charge in [0.25, 0.3) is 0 Å². The van der Waals surface area contributed by atoms with Crippen molar-refractivity contribution >= 4 is 30.2 Å². The third-order valence-corrected chi connectivity index (χ3v) is 9.50. The summed E-state index contributed by atoms with van der Waals surface area (Å²) in [5.74, 6) is -0.293. The number of hydrogen-bond donors (Lipinski definition) is 0. The highest BCUT2D eigenvalue weighted by molar-refractivity contribution is 9.11. The van der Waals surface area contributed by atoms with Crippen molar-refractivity contribution in [3.8, 4) is 0 Å². The van der Waals surface area contributed by atoms with Crippen molar-refractivity contribution in [3.63, 3.8) is 0 Å². The van der Waals surface area contributed by atoms with Gasteiger partial charge in [0.05, 0.1) is 6.10 Å². The Kier molecular flexibility index (Phi) is 4.24. The number of carbonyl (C=O) groups is 1. The van der Waals surface area contributed by atoms with E-state index in [-0.39, 0.29) is 35.4 Å². The average Bonchev–Trinajstić information content (AvgIpc) is 3.01. The number of rotatable bonds is 3. The fourth-order valence-corrected chi connectivity index (χ4v) is 3.92. The van der Waals surface area contributed by atoms with Crippen LogP contribution in [-0.2, 0) is 18.7 Å². The summed E-state index contributed by atoms with van der Waals surface area (Å²) >= 11 is 3.49. The Morgan fingerprint density at radius 3 is 2.45 bits per heavy atom. The Labute approximate surface area is 130 Å². The summed E-state index contributed by atoms with van der Waals surface area (Å²) in [4.78, 5) is 11.1. The quantitative estimate of drug-likeness (QED) is 0.438. The minimum absolute atomic E-state index is 0.00905. The molecule has 0 aromatic carbocycles. The third-order valence-electron chi connectivity index (χ3n) is 4.31.